The predicted molar refractivity (Wildman–Crippen MR) is 69.5 cm³/mol. The lowest BCUT2D eigenvalue weighted by molar-refractivity contribution is -0.145. The number of allylic oxidation sites excluding steroid dienone is 1. The molecule has 1 atom stereocenters. The molecule has 0 fully saturated rings. The van der Waals surface area contributed by atoms with Crippen molar-refractivity contribution in [2.75, 3.05) is 7.11 Å². The summed E-state index contributed by atoms with van der Waals surface area (Å²) in [5.74, 6) is 0.0422. The molecule has 96 valence electrons. The first-order valence-electron chi connectivity index (χ1n) is 6.18. The van der Waals surface area contributed by atoms with Crippen molar-refractivity contribution in [1.82, 2.24) is 0 Å². The Morgan fingerprint density at radius 2 is 2.39 bits per heavy atom. The van der Waals surface area contributed by atoms with E-state index in [1.807, 2.05) is 6.07 Å². The number of ether oxygens (including phenoxy) is 1. The van der Waals surface area contributed by atoms with Crippen molar-refractivity contribution >= 4 is 5.97 Å². The Labute approximate surface area is 107 Å². The average Bonchev–Trinajstić information content (AvgIpc) is 2.40. The minimum atomic E-state index is -0.159. The second kappa shape index (κ2) is 5.25. The Morgan fingerprint density at radius 1 is 1.61 bits per heavy atom. The lowest BCUT2D eigenvalue weighted by Crippen LogP contribution is -2.24. The SMILES string of the molecule is C=CCc1c(O)ccc2c1CC(C(=O)OC)CC2. The monoisotopic (exact) mass is 246 g/mol. The zero-order valence-electron chi connectivity index (χ0n) is 10.6. The van der Waals surface area contributed by atoms with E-state index in [9.17, 15) is 9.90 Å². The molecule has 0 saturated carbocycles. The van der Waals surface area contributed by atoms with E-state index in [0.29, 0.717) is 18.6 Å². The van der Waals surface area contributed by atoms with Crippen LogP contribution < -0.4 is 0 Å². The zero-order valence-corrected chi connectivity index (χ0v) is 10.6. The molecule has 0 aliphatic heterocycles. The first kappa shape index (κ1) is 12.7. The van der Waals surface area contributed by atoms with E-state index < -0.39 is 0 Å². The third-order valence-electron chi connectivity index (χ3n) is 3.60. The van der Waals surface area contributed by atoms with E-state index in [1.165, 1.54) is 12.7 Å². The molecule has 1 N–H and O–H groups in total. The van der Waals surface area contributed by atoms with E-state index in [2.05, 4.69) is 6.58 Å². The molecule has 1 aromatic rings. The number of fused-ring (bicyclic) bond motifs is 1. The minimum Gasteiger partial charge on any atom is -0.508 e. The highest BCUT2D eigenvalue weighted by molar-refractivity contribution is 5.73. The third kappa shape index (κ3) is 2.26. The van der Waals surface area contributed by atoms with Crippen LogP contribution >= 0.6 is 0 Å². The van der Waals surface area contributed by atoms with Gasteiger partial charge in [0.2, 0.25) is 0 Å². The fourth-order valence-electron chi connectivity index (χ4n) is 2.64. The number of benzene rings is 1. The number of carbonyl (C=O) groups is 1. The van der Waals surface area contributed by atoms with Gasteiger partial charge in [-0.2, -0.15) is 0 Å². The first-order valence-corrected chi connectivity index (χ1v) is 6.18. The molecule has 0 amide bonds. The molecule has 3 heteroatoms. The van der Waals surface area contributed by atoms with Crippen molar-refractivity contribution in [3.63, 3.8) is 0 Å². The van der Waals surface area contributed by atoms with Gasteiger partial charge in [-0.05, 0) is 42.9 Å². The minimum absolute atomic E-state index is 0.0899. The average molecular weight is 246 g/mol. The van der Waals surface area contributed by atoms with Gasteiger partial charge in [-0.15, -0.1) is 6.58 Å². The number of aromatic hydroxyl groups is 1. The van der Waals surface area contributed by atoms with Crippen molar-refractivity contribution in [2.24, 2.45) is 5.92 Å². The number of rotatable bonds is 3. The van der Waals surface area contributed by atoms with Crippen LogP contribution in [0.25, 0.3) is 0 Å². The number of carbonyl (C=O) groups excluding carboxylic acids is 1. The Balaban J connectivity index is 2.36. The van der Waals surface area contributed by atoms with Gasteiger partial charge in [0.25, 0.3) is 0 Å². The number of hydrogen-bond donors (Lipinski definition) is 1. The molecule has 0 bridgehead atoms. The van der Waals surface area contributed by atoms with Crippen LogP contribution in [0, 0.1) is 5.92 Å². The lowest BCUT2D eigenvalue weighted by Gasteiger charge is -2.25. The summed E-state index contributed by atoms with van der Waals surface area (Å²) in [4.78, 5) is 11.6. The summed E-state index contributed by atoms with van der Waals surface area (Å²) in [7, 11) is 1.42. The highest BCUT2D eigenvalue weighted by atomic mass is 16.5. The van der Waals surface area contributed by atoms with Crippen molar-refractivity contribution in [2.45, 2.75) is 25.7 Å². The van der Waals surface area contributed by atoms with Crippen LogP contribution in [0.2, 0.25) is 0 Å². The molecule has 3 nitrogen and oxygen atoms in total. The number of phenolic OH excluding ortho intramolecular Hbond substituents is 1. The molecular formula is C15H18O3. The first-order chi connectivity index (χ1) is 8.67. The van der Waals surface area contributed by atoms with Gasteiger partial charge in [-0.3, -0.25) is 4.79 Å². The van der Waals surface area contributed by atoms with E-state index in [0.717, 1.165) is 24.0 Å². The Hall–Kier alpha value is -1.77. The largest absolute Gasteiger partial charge is 0.508 e. The second-order valence-corrected chi connectivity index (χ2v) is 4.66. The molecule has 2 rings (SSSR count). The Morgan fingerprint density at radius 3 is 3.06 bits per heavy atom. The van der Waals surface area contributed by atoms with Gasteiger partial charge < -0.3 is 9.84 Å². The van der Waals surface area contributed by atoms with Crippen LogP contribution in [-0.2, 0) is 28.8 Å². The van der Waals surface area contributed by atoms with Gasteiger partial charge in [0, 0.05) is 5.56 Å². The quantitative estimate of drug-likeness (QED) is 0.658. The Kier molecular flexibility index (Phi) is 3.70. The molecule has 1 aromatic carbocycles. The van der Waals surface area contributed by atoms with Crippen LogP contribution in [-0.4, -0.2) is 18.2 Å². The number of aryl methyl sites for hydroxylation is 1. The maximum Gasteiger partial charge on any atom is 0.309 e. The lowest BCUT2D eigenvalue weighted by atomic mass is 9.80. The second-order valence-electron chi connectivity index (χ2n) is 4.66. The van der Waals surface area contributed by atoms with Crippen LogP contribution in [0.4, 0.5) is 0 Å². The van der Waals surface area contributed by atoms with Gasteiger partial charge >= 0.3 is 5.97 Å². The maximum absolute atomic E-state index is 11.6. The molecule has 0 aromatic heterocycles. The molecule has 1 aliphatic carbocycles. The van der Waals surface area contributed by atoms with Crippen LogP contribution in [0.1, 0.15) is 23.1 Å². The van der Waals surface area contributed by atoms with E-state index >= 15 is 0 Å². The normalized spacial score (nSPS) is 17.9. The highest BCUT2D eigenvalue weighted by Crippen LogP contribution is 2.33. The molecule has 0 heterocycles. The summed E-state index contributed by atoms with van der Waals surface area (Å²) >= 11 is 0. The summed E-state index contributed by atoms with van der Waals surface area (Å²) in [5.41, 5.74) is 3.22. The number of esters is 1. The zero-order chi connectivity index (χ0) is 13.1. The summed E-state index contributed by atoms with van der Waals surface area (Å²) in [6, 6.07) is 3.68. The fraction of sp³-hybridized carbons (Fsp3) is 0.400. The van der Waals surface area contributed by atoms with E-state index in [1.54, 1.807) is 12.1 Å². The third-order valence-corrected chi connectivity index (χ3v) is 3.60. The topological polar surface area (TPSA) is 46.5 Å². The Bertz CT molecular complexity index is 477. The van der Waals surface area contributed by atoms with Crippen molar-refractivity contribution in [3.8, 4) is 5.75 Å². The van der Waals surface area contributed by atoms with E-state index in [4.69, 9.17) is 4.74 Å². The summed E-state index contributed by atoms with van der Waals surface area (Å²) < 4.78 is 4.81. The standard InChI is InChI=1S/C15H18O3/c1-3-4-12-13-9-11(15(17)18-2)6-5-10(13)7-8-14(12)16/h3,7-8,11,16H,1,4-6,9H2,2H3. The van der Waals surface area contributed by atoms with Gasteiger partial charge in [-0.1, -0.05) is 12.1 Å². The molecular weight excluding hydrogens is 228 g/mol. The molecule has 0 radical (unpaired) electrons. The highest BCUT2D eigenvalue weighted by Gasteiger charge is 2.27. The molecule has 18 heavy (non-hydrogen) atoms. The van der Waals surface area contributed by atoms with Gasteiger partial charge in [0.15, 0.2) is 0 Å². The van der Waals surface area contributed by atoms with Crippen LogP contribution in [0.5, 0.6) is 5.75 Å². The summed E-state index contributed by atoms with van der Waals surface area (Å²) in [6.45, 7) is 3.71. The van der Waals surface area contributed by atoms with Crippen LogP contribution in [0.15, 0.2) is 24.8 Å². The molecule has 1 unspecified atom stereocenters. The number of hydrogen-bond acceptors (Lipinski definition) is 3. The fourth-order valence-corrected chi connectivity index (χ4v) is 2.64. The van der Waals surface area contributed by atoms with E-state index in [-0.39, 0.29) is 11.9 Å². The van der Waals surface area contributed by atoms with Crippen molar-refractivity contribution < 1.29 is 14.6 Å². The van der Waals surface area contributed by atoms with Crippen molar-refractivity contribution in [3.05, 3.63) is 41.5 Å². The van der Waals surface area contributed by atoms with Crippen molar-refractivity contribution in [1.29, 1.82) is 0 Å². The number of phenols is 1. The predicted octanol–water partition coefficient (Wildman–Crippen LogP) is 2.40. The molecule has 0 saturated heterocycles. The molecule has 0 spiro atoms. The van der Waals surface area contributed by atoms with Gasteiger partial charge in [0.05, 0.1) is 13.0 Å². The molecule has 1 aliphatic rings. The van der Waals surface area contributed by atoms with Gasteiger partial charge in [-0.25, -0.2) is 0 Å². The number of methoxy groups -OCH3 is 1. The summed E-state index contributed by atoms with van der Waals surface area (Å²) in [6.07, 6.45) is 4.73. The maximum atomic E-state index is 11.6. The summed E-state index contributed by atoms with van der Waals surface area (Å²) in [5, 5.41) is 9.92. The smallest absolute Gasteiger partial charge is 0.309 e. The van der Waals surface area contributed by atoms with Gasteiger partial charge in [0.1, 0.15) is 5.75 Å². The van der Waals surface area contributed by atoms with Crippen LogP contribution in [0.3, 0.4) is 0 Å².